The first-order valence-electron chi connectivity index (χ1n) is 5.64. The Kier molecular flexibility index (Phi) is 5.05. The summed E-state index contributed by atoms with van der Waals surface area (Å²) in [5.74, 6) is -2.67. The topological polar surface area (TPSA) is 104 Å². The Hall–Kier alpha value is -1.97. The van der Waals surface area contributed by atoms with E-state index < -0.39 is 46.3 Å². The van der Waals surface area contributed by atoms with Crippen molar-refractivity contribution in [3.05, 3.63) is 23.8 Å². The van der Waals surface area contributed by atoms with Crippen LogP contribution in [-0.2, 0) is 10.0 Å². The highest BCUT2D eigenvalue weighted by molar-refractivity contribution is 7.92. The maximum Gasteiger partial charge on any atom is 0.389 e. The lowest BCUT2D eigenvalue weighted by Crippen LogP contribution is -2.20. The summed E-state index contributed by atoms with van der Waals surface area (Å²) in [5.41, 5.74) is -0.832. The summed E-state index contributed by atoms with van der Waals surface area (Å²) in [6, 6.07) is 2.90. The summed E-state index contributed by atoms with van der Waals surface area (Å²) in [5, 5.41) is 18.0. The van der Waals surface area contributed by atoms with Crippen molar-refractivity contribution < 1.29 is 36.6 Å². The SMILES string of the molecule is O=C(O)c1cc(O)ccc1NS(=O)(=O)CCCC(F)(F)F. The van der Waals surface area contributed by atoms with Crippen molar-refractivity contribution in [1.29, 1.82) is 0 Å². The van der Waals surface area contributed by atoms with Crippen molar-refractivity contribution >= 4 is 21.7 Å². The predicted octanol–water partition coefficient (Wildman–Crippen LogP) is 2.17. The lowest BCUT2D eigenvalue weighted by Gasteiger charge is -2.11. The zero-order valence-electron chi connectivity index (χ0n) is 10.5. The van der Waals surface area contributed by atoms with Gasteiger partial charge in [0, 0.05) is 6.42 Å². The highest BCUT2D eigenvalue weighted by atomic mass is 32.2. The molecule has 0 radical (unpaired) electrons. The lowest BCUT2D eigenvalue weighted by atomic mass is 10.2. The Morgan fingerprint density at radius 1 is 1.29 bits per heavy atom. The molecule has 10 heteroatoms. The molecule has 0 fully saturated rings. The van der Waals surface area contributed by atoms with E-state index in [1.807, 2.05) is 4.72 Å². The van der Waals surface area contributed by atoms with Crippen LogP contribution >= 0.6 is 0 Å². The van der Waals surface area contributed by atoms with Crippen LogP contribution in [0.25, 0.3) is 0 Å². The number of rotatable bonds is 6. The minimum absolute atomic E-state index is 0.327. The third-order valence-corrected chi connectivity index (χ3v) is 3.73. The molecular formula is C11H12F3NO5S. The molecule has 0 aliphatic heterocycles. The lowest BCUT2D eigenvalue weighted by molar-refractivity contribution is -0.134. The Morgan fingerprint density at radius 2 is 1.90 bits per heavy atom. The largest absolute Gasteiger partial charge is 0.508 e. The van der Waals surface area contributed by atoms with Crippen LogP contribution in [0.15, 0.2) is 18.2 Å². The van der Waals surface area contributed by atoms with Crippen molar-refractivity contribution in [2.75, 3.05) is 10.5 Å². The van der Waals surface area contributed by atoms with Crippen molar-refractivity contribution in [2.24, 2.45) is 0 Å². The molecule has 0 saturated heterocycles. The number of carboxylic acids is 1. The quantitative estimate of drug-likeness (QED) is 0.695. The number of hydrogen-bond donors (Lipinski definition) is 3. The smallest absolute Gasteiger partial charge is 0.389 e. The van der Waals surface area contributed by atoms with Crippen molar-refractivity contribution in [2.45, 2.75) is 19.0 Å². The predicted molar refractivity (Wildman–Crippen MR) is 67.8 cm³/mol. The molecule has 21 heavy (non-hydrogen) atoms. The molecule has 6 nitrogen and oxygen atoms in total. The number of anilines is 1. The van der Waals surface area contributed by atoms with E-state index in [-0.39, 0.29) is 11.4 Å². The summed E-state index contributed by atoms with van der Waals surface area (Å²) in [6.45, 7) is 0. The molecular weight excluding hydrogens is 315 g/mol. The summed E-state index contributed by atoms with van der Waals surface area (Å²) in [4.78, 5) is 10.9. The Bertz CT molecular complexity index is 627. The van der Waals surface area contributed by atoms with Crippen LogP contribution in [0.2, 0.25) is 0 Å². The number of sulfonamides is 1. The van der Waals surface area contributed by atoms with Gasteiger partial charge in [-0.1, -0.05) is 0 Å². The van der Waals surface area contributed by atoms with Gasteiger partial charge < -0.3 is 10.2 Å². The summed E-state index contributed by atoms with van der Waals surface area (Å²) in [7, 11) is -4.12. The van der Waals surface area contributed by atoms with Crippen LogP contribution in [0.4, 0.5) is 18.9 Å². The average Bonchev–Trinajstić information content (AvgIpc) is 2.28. The first kappa shape index (κ1) is 17.1. The molecule has 3 N–H and O–H groups in total. The molecule has 0 atom stereocenters. The number of phenols is 1. The molecule has 0 spiro atoms. The van der Waals surface area contributed by atoms with Crippen LogP contribution < -0.4 is 4.72 Å². The third kappa shape index (κ3) is 5.90. The van der Waals surface area contributed by atoms with Gasteiger partial charge >= 0.3 is 12.1 Å². The van der Waals surface area contributed by atoms with Gasteiger partial charge in [-0.3, -0.25) is 4.72 Å². The highest BCUT2D eigenvalue weighted by Gasteiger charge is 2.27. The number of halogens is 3. The monoisotopic (exact) mass is 327 g/mol. The van der Waals surface area contributed by atoms with Gasteiger partial charge in [0.15, 0.2) is 0 Å². The maximum absolute atomic E-state index is 12.0. The van der Waals surface area contributed by atoms with Gasteiger partial charge in [0.05, 0.1) is 17.0 Å². The number of aromatic carboxylic acids is 1. The summed E-state index contributed by atoms with van der Waals surface area (Å²) in [6.07, 6.45) is -6.35. The molecule has 0 bridgehead atoms. The fraction of sp³-hybridized carbons (Fsp3) is 0.364. The van der Waals surface area contributed by atoms with E-state index >= 15 is 0 Å². The van der Waals surface area contributed by atoms with Crippen molar-refractivity contribution in [1.82, 2.24) is 0 Å². The highest BCUT2D eigenvalue weighted by Crippen LogP contribution is 2.24. The Morgan fingerprint density at radius 3 is 2.43 bits per heavy atom. The van der Waals surface area contributed by atoms with Gasteiger partial charge in [0.2, 0.25) is 10.0 Å². The van der Waals surface area contributed by atoms with Gasteiger partial charge in [-0.15, -0.1) is 0 Å². The summed E-state index contributed by atoms with van der Waals surface area (Å²) >= 11 is 0. The molecule has 0 amide bonds. The second-order valence-corrected chi connectivity index (χ2v) is 6.02. The van der Waals surface area contributed by atoms with E-state index in [0.717, 1.165) is 18.2 Å². The van der Waals surface area contributed by atoms with Gasteiger partial charge in [-0.25, -0.2) is 13.2 Å². The number of nitrogens with one attached hydrogen (secondary N) is 1. The molecule has 1 aromatic rings. The molecule has 0 aromatic heterocycles. The fourth-order valence-electron chi connectivity index (χ4n) is 1.48. The first-order chi connectivity index (χ1) is 9.50. The minimum Gasteiger partial charge on any atom is -0.508 e. The van der Waals surface area contributed by atoms with E-state index in [9.17, 15) is 26.4 Å². The van der Waals surface area contributed by atoms with E-state index in [0.29, 0.717) is 0 Å². The zero-order valence-corrected chi connectivity index (χ0v) is 11.3. The number of phenolic OH excluding ortho intramolecular Hbond substituents is 1. The number of alkyl halides is 3. The maximum atomic E-state index is 12.0. The standard InChI is InChI=1S/C11H12F3NO5S/c12-11(13,14)4-1-5-21(19,20)15-9-3-2-7(16)6-8(9)10(17)18/h2-3,6,15-16H,1,4-5H2,(H,17,18). The number of carbonyl (C=O) groups is 1. The second kappa shape index (κ2) is 6.20. The number of hydrogen-bond acceptors (Lipinski definition) is 4. The van der Waals surface area contributed by atoms with Crippen LogP contribution in [0.3, 0.4) is 0 Å². The first-order valence-corrected chi connectivity index (χ1v) is 7.29. The molecule has 0 aliphatic carbocycles. The normalized spacial score (nSPS) is 12.1. The third-order valence-electron chi connectivity index (χ3n) is 2.37. The number of carboxylic acid groups (broad SMARTS) is 1. The van der Waals surface area contributed by atoms with Crippen LogP contribution in [0, 0.1) is 0 Å². The van der Waals surface area contributed by atoms with Crippen LogP contribution in [0.5, 0.6) is 5.75 Å². The van der Waals surface area contributed by atoms with E-state index in [2.05, 4.69) is 0 Å². The number of aromatic hydroxyl groups is 1. The molecule has 0 heterocycles. The van der Waals surface area contributed by atoms with Gasteiger partial charge in [-0.05, 0) is 24.6 Å². The Labute approximate surface area is 118 Å². The fourth-order valence-corrected chi connectivity index (χ4v) is 2.62. The Balaban J connectivity index is 2.83. The van der Waals surface area contributed by atoms with Gasteiger partial charge in [0.25, 0.3) is 0 Å². The number of benzene rings is 1. The molecule has 0 aliphatic rings. The van der Waals surface area contributed by atoms with Gasteiger partial charge in [-0.2, -0.15) is 13.2 Å². The molecule has 1 aromatic carbocycles. The van der Waals surface area contributed by atoms with Crippen LogP contribution in [0.1, 0.15) is 23.2 Å². The molecule has 0 unspecified atom stereocenters. The second-order valence-electron chi connectivity index (χ2n) is 4.17. The van der Waals surface area contributed by atoms with Crippen LogP contribution in [-0.4, -0.2) is 36.5 Å². The average molecular weight is 327 g/mol. The minimum atomic E-state index is -4.46. The van der Waals surface area contributed by atoms with Crippen molar-refractivity contribution in [3.63, 3.8) is 0 Å². The van der Waals surface area contributed by atoms with E-state index in [4.69, 9.17) is 10.2 Å². The van der Waals surface area contributed by atoms with Gasteiger partial charge in [0.1, 0.15) is 5.75 Å². The van der Waals surface area contributed by atoms with E-state index in [1.54, 1.807) is 0 Å². The zero-order chi connectivity index (χ0) is 16.3. The molecule has 118 valence electrons. The van der Waals surface area contributed by atoms with E-state index in [1.165, 1.54) is 0 Å². The summed E-state index contributed by atoms with van der Waals surface area (Å²) < 4.78 is 61.0. The molecule has 1 rings (SSSR count). The van der Waals surface area contributed by atoms with Crippen molar-refractivity contribution in [3.8, 4) is 5.75 Å². The molecule has 0 saturated carbocycles.